The summed E-state index contributed by atoms with van der Waals surface area (Å²) in [6, 6.07) is 5.46. The molecular formula is C22H29N5O2S. The van der Waals surface area contributed by atoms with E-state index < -0.39 is 0 Å². The van der Waals surface area contributed by atoms with Crippen LogP contribution < -0.4 is 10.2 Å². The van der Waals surface area contributed by atoms with Gasteiger partial charge in [0.1, 0.15) is 0 Å². The summed E-state index contributed by atoms with van der Waals surface area (Å²) >= 11 is 1.62. The number of piperidine rings is 1. The minimum Gasteiger partial charge on any atom is -0.345 e. The summed E-state index contributed by atoms with van der Waals surface area (Å²) in [6.07, 6.45) is 3.94. The van der Waals surface area contributed by atoms with Crippen LogP contribution in [0.4, 0.5) is 15.6 Å². The predicted octanol–water partition coefficient (Wildman–Crippen LogP) is 3.68. The lowest BCUT2D eigenvalue weighted by molar-refractivity contribution is 0.0697. The predicted molar refractivity (Wildman–Crippen MR) is 120 cm³/mol. The van der Waals surface area contributed by atoms with E-state index in [1.165, 1.54) is 0 Å². The Balaban J connectivity index is 1.33. The van der Waals surface area contributed by atoms with Crippen molar-refractivity contribution in [3.05, 3.63) is 40.9 Å². The number of aryl methyl sites for hydroxylation is 1. The van der Waals surface area contributed by atoms with Gasteiger partial charge in [0.05, 0.1) is 0 Å². The maximum Gasteiger partial charge on any atom is 0.321 e. The molecular weight excluding hydrogens is 398 g/mol. The standard InChI is InChI=1S/C22H29N5O2S/c1-16-5-8-25(9-6-16)20(28)18-3-4-19(17(2)15-18)24-21(29)26-10-12-27(13-11-26)22-23-7-14-30-22/h3-4,7,14-16H,5-6,8-13H2,1-2H3,(H,24,29). The number of rotatable bonds is 3. The van der Waals surface area contributed by atoms with Gasteiger partial charge in [0.15, 0.2) is 5.13 Å². The molecule has 1 aromatic carbocycles. The summed E-state index contributed by atoms with van der Waals surface area (Å²) in [6.45, 7) is 8.70. The van der Waals surface area contributed by atoms with E-state index in [2.05, 4.69) is 22.1 Å². The lowest BCUT2D eigenvalue weighted by Crippen LogP contribution is -2.50. The van der Waals surface area contributed by atoms with Crippen molar-refractivity contribution in [2.75, 3.05) is 49.5 Å². The molecule has 160 valence electrons. The van der Waals surface area contributed by atoms with Gasteiger partial charge in [-0.3, -0.25) is 4.79 Å². The second-order valence-electron chi connectivity index (χ2n) is 8.22. The fourth-order valence-electron chi connectivity index (χ4n) is 4.00. The Morgan fingerprint density at radius 2 is 1.80 bits per heavy atom. The molecule has 0 saturated carbocycles. The van der Waals surface area contributed by atoms with Crippen LogP contribution in [0, 0.1) is 12.8 Å². The Morgan fingerprint density at radius 1 is 1.07 bits per heavy atom. The van der Waals surface area contributed by atoms with E-state index in [9.17, 15) is 9.59 Å². The summed E-state index contributed by atoms with van der Waals surface area (Å²) in [5.74, 6) is 0.776. The summed E-state index contributed by atoms with van der Waals surface area (Å²) < 4.78 is 0. The molecule has 3 amide bonds. The zero-order valence-corrected chi connectivity index (χ0v) is 18.5. The monoisotopic (exact) mass is 427 g/mol. The first-order valence-corrected chi connectivity index (χ1v) is 11.5. The number of urea groups is 1. The van der Waals surface area contributed by atoms with Crippen LogP contribution >= 0.6 is 11.3 Å². The Kier molecular flexibility index (Phi) is 6.22. The first kappa shape index (κ1) is 20.7. The van der Waals surface area contributed by atoms with Crippen LogP contribution in [0.5, 0.6) is 0 Å². The average molecular weight is 428 g/mol. The number of aromatic nitrogens is 1. The van der Waals surface area contributed by atoms with Crippen LogP contribution in [0.25, 0.3) is 0 Å². The van der Waals surface area contributed by atoms with Crippen molar-refractivity contribution in [3.8, 4) is 0 Å². The van der Waals surface area contributed by atoms with Gasteiger partial charge in [-0.2, -0.15) is 0 Å². The Hall–Kier alpha value is -2.61. The van der Waals surface area contributed by atoms with Crippen LogP contribution in [0.2, 0.25) is 0 Å². The van der Waals surface area contributed by atoms with E-state index >= 15 is 0 Å². The van der Waals surface area contributed by atoms with Gasteiger partial charge < -0.3 is 20.0 Å². The molecule has 1 aromatic heterocycles. The van der Waals surface area contributed by atoms with Crippen molar-refractivity contribution in [1.29, 1.82) is 0 Å². The summed E-state index contributed by atoms with van der Waals surface area (Å²) in [4.78, 5) is 35.8. The van der Waals surface area contributed by atoms with Gasteiger partial charge in [0, 0.05) is 62.1 Å². The lowest BCUT2D eigenvalue weighted by Gasteiger charge is -2.34. The second kappa shape index (κ2) is 9.04. The van der Waals surface area contributed by atoms with Gasteiger partial charge in [-0.15, -0.1) is 11.3 Å². The van der Waals surface area contributed by atoms with E-state index in [0.717, 1.165) is 55.4 Å². The van der Waals surface area contributed by atoms with Crippen molar-refractivity contribution in [1.82, 2.24) is 14.8 Å². The summed E-state index contributed by atoms with van der Waals surface area (Å²) in [5, 5.41) is 5.99. The first-order valence-electron chi connectivity index (χ1n) is 10.6. The highest BCUT2D eigenvalue weighted by Crippen LogP contribution is 2.23. The number of hydrogen-bond donors (Lipinski definition) is 1. The van der Waals surface area contributed by atoms with E-state index in [0.29, 0.717) is 24.6 Å². The first-order chi connectivity index (χ1) is 14.5. The number of nitrogens with zero attached hydrogens (tertiary/aromatic N) is 4. The van der Waals surface area contributed by atoms with Gasteiger partial charge in [-0.05, 0) is 49.4 Å². The molecule has 7 nitrogen and oxygen atoms in total. The Bertz CT molecular complexity index is 885. The smallest absolute Gasteiger partial charge is 0.321 e. The number of carbonyl (C=O) groups is 2. The van der Waals surface area contributed by atoms with Gasteiger partial charge in [-0.25, -0.2) is 9.78 Å². The molecule has 8 heteroatoms. The molecule has 2 fully saturated rings. The second-order valence-corrected chi connectivity index (χ2v) is 9.10. The quantitative estimate of drug-likeness (QED) is 0.811. The third-order valence-electron chi connectivity index (χ3n) is 6.04. The SMILES string of the molecule is Cc1cc(C(=O)N2CCC(C)CC2)ccc1NC(=O)N1CCN(c2nccs2)CC1. The van der Waals surface area contributed by atoms with Crippen LogP contribution in [0.15, 0.2) is 29.8 Å². The van der Waals surface area contributed by atoms with E-state index in [1.54, 1.807) is 11.3 Å². The minimum absolute atomic E-state index is 0.0844. The number of nitrogens with one attached hydrogen (secondary N) is 1. The number of amides is 3. The molecule has 0 atom stereocenters. The van der Waals surface area contributed by atoms with Crippen molar-refractivity contribution >= 4 is 34.1 Å². The Labute approximate surface area is 181 Å². The van der Waals surface area contributed by atoms with Crippen LogP contribution in [-0.4, -0.2) is 66.0 Å². The third kappa shape index (κ3) is 4.59. The molecule has 3 heterocycles. The number of thiazole rings is 1. The number of hydrogen-bond acceptors (Lipinski definition) is 5. The normalized spacial score (nSPS) is 17.9. The summed E-state index contributed by atoms with van der Waals surface area (Å²) in [5.41, 5.74) is 2.35. The van der Waals surface area contributed by atoms with Crippen molar-refractivity contribution < 1.29 is 9.59 Å². The van der Waals surface area contributed by atoms with Gasteiger partial charge in [-0.1, -0.05) is 6.92 Å². The molecule has 0 bridgehead atoms. The molecule has 2 aliphatic rings. The average Bonchev–Trinajstić information content (AvgIpc) is 3.30. The van der Waals surface area contributed by atoms with Crippen molar-refractivity contribution in [3.63, 3.8) is 0 Å². The molecule has 0 aliphatic carbocycles. The van der Waals surface area contributed by atoms with Gasteiger partial charge in [0.25, 0.3) is 5.91 Å². The van der Waals surface area contributed by atoms with Crippen LogP contribution in [-0.2, 0) is 0 Å². The molecule has 2 aromatic rings. The number of piperazine rings is 1. The summed E-state index contributed by atoms with van der Waals surface area (Å²) in [7, 11) is 0. The number of carbonyl (C=O) groups excluding carboxylic acids is 2. The van der Waals surface area contributed by atoms with Crippen LogP contribution in [0.1, 0.15) is 35.7 Å². The molecule has 0 unspecified atom stereocenters. The van der Waals surface area contributed by atoms with Crippen LogP contribution in [0.3, 0.4) is 0 Å². The zero-order chi connectivity index (χ0) is 21.1. The van der Waals surface area contributed by atoms with Crippen molar-refractivity contribution in [2.24, 2.45) is 5.92 Å². The number of likely N-dealkylation sites (tertiary alicyclic amines) is 1. The van der Waals surface area contributed by atoms with Gasteiger partial charge in [0.2, 0.25) is 0 Å². The molecule has 2 aliphatic heterocycles. The highest BCUT2D eigenvalue weighted by Gasteiger charge is 2.24. The van der Waals surface area contributed by atoms with Gasteiger partial charge >= 0.3 is 6.03 Å². The fourth-order valence-corrected chi connectivity index (χ4v) is 4.70. The fraction of sp³-hybridized carbons (Fsp3) is 0.500. The number of anilines is 2. The molecule has 2 saturated heterocycles. The number of benzene rings is 1. The van der Waals surface area contributed by atoms with E-state index in [-0.39, 0.29) is 11.9 Å². The molecule has 30 heavy (non-hydrogen) atoms. The highest BCUT2D eigenvalue weighted by atomic mass is 32.1. The molecule has 0 radical (unpaired) electrons. The molecule has 4 rings (SSSR count). The largest absolute Gasteiger partial charge is 0.345 e. The topological polar surface area (TPSA) is 68.8 Å². The van der Waals surface area contributed by atoms with E-state index in [4.69, 9.17) is 0 Å². The molecule has 0 spiro atoms. The minimum atomic E-state index is -0.0963. The third-order valence-corrected chi connectivity index (χ3v) is 6.87. The zero-order valence-electron chi connectivity index (χ0n) is 17.6. The highest BCUT2D eigenvalue weighted by molar-refractivity contribution is 7.13. The maximum atomic E-state index is 12.8. The van der Waals surface area contributed by atoms with Crippen molar-refractivity contribution in [2.45, 2.75) is 26.7 Å². The maximum absolute atomic E-state index is 12.8. The molecule has 1 N–H and O–H groups in total. The lowest BCUT2D eigenvalue weighted by atomic mass is 9.98. The Morgan fingerprint density at radius 3 is 2.43 bits per heavy atom. The van der Waals surface area contributed by atoms with E-state index in [1.807, 2.05) is 46.5 Å².